The molecule has 1 aromatic carbocycles. The fourth-order valence-corrected chi connectivity index (χ4v) is 2.17. The number of benzene rings is 1. The molecule has 25 heavy (non-hydrogen) atoms. The number of rotatable bonds is 4. The molecule has 0 unspecified atom stereocenters. The van der Waals surface area contributed by atoms with Gasteiger partial charge in [0.25, 0.3) is 0 Å². The molecule has 2 aromatic heterocycles. The zero-order chi connectivity index (χ0) is 18.0. The molecular formula is C16H14F3N5O. The van der Waals surface area contributed by atoms with E-state index in [2.05, 4.69) is 25.8 Å². The topological polar surface area (TPSA) is 75.9 Å². The maximum absolute atomic E-state index is 12.8. The molecule has 0 radical (unpaired) electrons. The second-order valence-electron chi connectivity index (χ2n) is 5.34. The van der Waals surface area contributed by atoms with Gasteiger partial charge in [-0.05, 0) is 32.0 Å². The van der Waals surface area contributed by atoms with E-state index in [0.29, 0.717) is 29.0 Å². The monoisotopic (exact) mass is 349 g/mol. The number of anilines is 4. The molecule has 0 saturated carbocycles. The molecule has 0 aliphatic carbocycles. The SMILES string of the molecule is Cc1nc(Nc2cccc(C(F)(F)F)c2)cc(Nc2cc(C)on2)n1. The van der Waals surface area contributed by atoms with Crippen molar-refractivity contribution in [3.8, 4) is 0 Å². The van der Waals surface area contributed by atoms with Crippen LogP contribution in [-0.2, 0) is 6.18 Å². The Labute approximate surface area is 141 Å². The minimum atomic E-state index is -4.41. The first-order chi connectivity index (χ1) is 11.8. The van der Waals surface area contributed by atoms with E-state index in [0.717, 1.165) is 12.1 Å². The molecule has 3 rings (SSSR count). The van der Waals surface area contributed by atoms with Crippen molar-refractivity contribution in [3.63, 3.8) is 0 Å². The summed E-state index contributed by atoms with van der Waals surface area (Å²) in [6.45, 7) is 3.43. The Morgan fingerprint density at radius 1 is 0.920 bits per heavy atom. The standard InChI is InChI=1S/C16H14F3N5O/c1-9-6-15(24-25-9)23-14-8-13(20-10(2)21-14)22-12-5-3-4-11(7-12)16(17,18)19/h3-8H,1-2H3,(H2,20,21,22,23,24). The molecular weight excluding hydrogens is 335 g/mol. The zero-order valence-corrected chi connectivity index (χ0v) is 13.3. The molecule has 0 atom stereocenters. The van der Waals surface area contributed by atoms with Crippen LogP contribution in [0.2, 0.25) is 0 Å². The third kappa shape index (κ3) is 4.25. The van der Waals surface area contributed by atoms with E-state index >= 15 is 0 Å². The molecule has 2 heterocycles. The Bertz CT molecular complexity index is 891. The summed E-state index contributed by atoms with van der Waals surface area (Å²) in [6.07, 6.45) is -4.41. The van der Waals surface area contributed by atoms with Crippen LogP contribution in [0, 0.1) is 13.8 Å². The largest absolute Gasteiger partial charge is 0.416 e. The van der Waals surface area contributed by atoms with E-state index < -0.39 is 11.7 Å². The first kappa shape index (κ1) is 16.7. The van der Waals surface area contributed by atoms with Gasteiger partial charge >= 0.3 is 6.18 Å². The van der Waals surface area contributed by atoms with Crippen LogP contribution in [0.15, 0.2) is 40.9 Å². The number of hydrogen-bond acceptors (Lipinski definition) is 6. The molecule has 0 fully saturated rings. The van der Waals surface area contributed by atoms with Gasteiger partial charge in [-0.3, -0.25) is 0 Å². The summed E-state index contributed by atoms with van der Waals surface area (Å²) in [6, 6.07) is 8.15. The maximum Gasteiger partial charge on any atom is 0.416 e. The van der Waals surface area contributed by atoms with Crippen LogP contribution >= 0.6 is 0 Å². The summed E-state index contributed by atoms with van der Waals surface area (Å²) in [4.78, 5) is 8.39. The number of nitrogens with zero attached hydrogens (tertiary/aromatic N) is 3. The number of alkyl halides is 3. The summed E-state index contributed by atoms with van der Waals surface area (Å²) in [5.74, 6) is 2.35. The smallest absolute Gasteiger partial charge is 0.360 e. The van der Waals surface area contributed by atoms with Crippen molar-refractivity contribution < 1.29 is 17.7 Å². The number of aromatic nitrogens is 3. The molecule has 3 aromatic rings. The summed E-state index contributed by atoms with van der Waals surface area (Å²) in [5, 5.41) is 9.61. The van der Waals surface area contributed by atoms with Gasteiger partial charge in [-0.2, -0.15) is 13.2 Å². The third-order valence-corrected chi connectivity index (χ3v) is 3.18. The lowest BCUT2D eigenvalue weighted by Crippen LogP contribution is -2.06. The lowest BCUT2D eigenvalue weighted by Gasteiger charge is -2.11. The van der Waals surface area contributed by atoms with E-state index in [1.165, 1.54) is 12.1 Å². The van der Waals surface area contributed by atoms with Crippen LogP contribution in [-0.4, -0.2) is 15.1 Å². The fourth-order valence-electron chi connectivity index (χ4n) is 2.17. The Morgan fingerprint density at radius 2 is 1.64 bits per heavy atom. The quantitative estimate of drug-likeness (QED) is 0.718. The van der Waals surface area contributed by atoms with Crippen LogP contribution in [0.1, 0.15) is 17.1 Å². The molecule has 9 heteroatoms. The normalized spacial score (nSPS) is 11.4. The van der Waals surface area contributed by atoms with Gasteiger partial charge in [0.05, 0.1) is 5.56 Å². The van der Waals surface area contributed by atoms with E-state index in [9.17, 15) is 13.2 Å². The molecule has 130 valence electrons. The fraction of sp³-hybridized carbons (Fsp3) is 0.188. The molecule has 0 bridgehead atoms. The van der Waals surface area contributed by atoms with Crippen LogP contribution < -0.4 is 10.6 Å². The molecule has 0 aliphatic heterocycles. The van der Waals surface area contributed by atoms with Gasteiger partial charge in [0, 0.05) is 17.8 Å². The average Bonchev–Trinajstić information content (AvgIpc) is 2.91. The Kier molecular flexibility index (Phi) is 4.30. The van der Waals surface area contributed by atoms with E-state index in [1.807, 2.05) is 0 Å². The van der Waals surface area contributed by atoms with Crippen molar-refractivity contribution in [1.29, 1.82) is 0 Å². The maximum atomic E-state index is 12.8. The van der Waals surface area contributed by atoms with Gasteiger partial charge in [-0.25, -0.2) is 9.97 Å². The van der Waals surface area contributed by atoms with Crippen LogP contribution in [0.4, 0.5) is 36.3 Å². The first-order valence-corrected chi connectivity index (χ1v) is 7.30. The summed E-state index contributed by atoms with van der Waals surface area (Å²) in [5.41, 5.74) is -0.462. The number of nitrogens with one attached hydrogen (secondary N) is 2. The van der Waals surface area contributed by atoms with Crippen molar-refractivity contribution in [2.24, 2.45) is 0 Å². The lowest BCUT2D eigenvalue weighted by molar-refractivity contribution is -0.137. The highest BCUT2D eigenvalue weighted by atomic mass is 19.4. The van der Waals surface area contributed by atoms with Crippen molar-refractivity contribution >= 4 is 23.1 Å². The predicted molar refractivity (Wildman–Crippen MR) is 86.0 cm³/mol. The van der Waals surface area contributed by atoms with Crippen molar-refractivity contribution in [1.82, 2.24) is 15.1 Å². The molecule has 0 aliphatic rings. The highest BCUT2D eigenvalue weighted by molar-refractivity contribution is 5.62. The van der Waals surface area contributed by atoms with Crippen molar-refractivity contribution in [3.05, 3.63) is 53.5 Å². The van der Waals surface area contributed by atoms with E-state index in [-0.39, 0.29) is 5.69 Å². The minimum absolute atomic E-state index is 0.274. The molecule has 6 nitrogen and oxygen atoms in total. The second-order valence-corrected chi connectivity index (χ2v) is 5.34. The molecule has 0 amide bonds. The summed E-state index contributed by atoms with van der Waals surface area (Å²) in [7, 11) is 0. The third-order valence-electron chi connectivity index (χ3n) is 3.18. The molecule has 2 N–H and O–H groups in total. The van der Waals surface area contributed by atoms with Gasteiger partial charge in [0.15, 0.2) is 5.82 Å². The van der Waals surface area contributed by atoms with Gasteiger partial charge < -0.3 is 15.2 Å². The molecule has 0 spiro atoms. The van der Waals surface area contributed by atoms with Crippen LogP contribution in [0.25, 0.3) is 0 Å². The van der Waals surface area contributed by atoms with E-state index in [4.69, 9.17) is 4.52 Å². The van der Waals surface area contributed by atoms with Gasteiger partial charge in [0.1, 0.15) is 23.2 Å². The highest BCUT2D eigenvalue weighted by Crippen LogP contribution is 2.31. The van der Waals surface area contributed by atoms with Gasteiger partial charge in [-0.15, -0.1) is 0 Å². The highest BCUT2D eigenvalue weighted by Gasteiger charge is 2.30. The number of aryl methyl sites for hydroxylation is 2. The summed E-state index contributed by atoms with van der Waals surface area (Å²) >= 11 is 0. The van der Waals surface area contributed by atoms with Crippen LogP contribution in [0.3, 0.4) is 0 Å². The minimum Gasteiger partial charge on any atom is -0.360 e. The Morgan fingerprint density at radius 3 is 2.28 bits per heavy atom. The van der Waals surface area contributed by atoms with Crippen molar-refractivity contribution in [2.45, 2.75) is 20.0 Å². The van der Waals surface area contributed by atoms with Crippen molar-refractivity contribution in [2.75, 3.05) is 10.6 Å². The predicted octanol–water partition coefficient (Wildman–Crippen LogP) is 4.59. The lowest BCUT2D eigenvalue weighted by atomic mass is 10.2. The first-order valence-electron chi connectivity index (χ1n) is 7.30. The second kappa shape index (κ2) is 6.42. The van der Waals surface area contributed by atoms with Gasteiger partial charge in [0.2, 0.25) is 0 Å². The molecule has 0 saturated heterocycles. The average molecular weight is 349 g/mol. The van der Waals surface area contributed by atoms with Gasteiger partial charge in [-0.1, -0.05) is 11.2 Å². The zero-order valence-electron chi connectivity index (χ0n) is 13.3. The van der Waals surface area contributed by atoms with E-state index in [1.54, 1.807) is 26.0 Å². The number of halogens is 3. The summed E-state index contributed by atoms with van der Waals surface area (Å²) < 4.78 is 43.4. The Hall–Kier alpha value is -3.10. The number of hydrogen-bond donors (Lipinski definition) is 2. The Balaban J connectivity index is 1.83. The van der Waals surface area contributed by atoms with Crippen LogP contribution in [0.5, 0.6) is 0 Å².